The lowest BCUT2D eigenvalue weighted by Gasteiger charge is -2.29. The number of phenolic OH excluding ortho intramolecular Hbond substituents is 1. The second kappa shape index (κ2) is 14.4. The number of anilines is 1. The topological polar surface area (TPSA) is 131 Å². The largest absolute Gasteiger partial charge is 0.508 e. The molecule has 0 saturated heterocycles. The lowest BCUT2D eigenvalue weighted by atomic mass is 10.0. The van der Waals surface area contributed by atoms with Crippen molar-refractivity contribution in [2.45, 2.75) is 58.6 Å². The second-order valence-corrected chi connectivity index (χ2v) is 13.0. The third-order valence-electron chi connectivity index (χ3n) is 7.66. The van der Waals surface area contributed by atoms with Crippen molar-refractivity contribution in [1.29, 1.82) is 0 Å². The first kappa shape index (κ1) is 35.0. The number of fused-ring (bicyclic) bond motifs is 1. The number of carbonyl (C=O) groups is 3. The van der Waals surface area contributed by atoms with Gasteiger partial charge in [0.1, 0.15) is 30.7 Å². The lowest BCUT2D eigenvalue weighted by molar-refractivity contribution is -0.506. The normalized spacial score (nSPS) is 12.2. The highest BCUT2D eigenvalue weighted by atomic mass is 32.1. The molecule has 49 heavy (non-hydrogen) atoms. The molecule has 4 N–H and O–H groups in total. The van der Waals surface area contributed by atoms with E-state index in [4.69, 9.17) is 10.5 Å². The number of esters is 1. The van der Waals surface area contributed by atoms with Crippen molar-refractivity contribution in [1.82, 2.24) is 9.47 Å². The number of hydrogen-bond donors (Lipinski definition) is 3. The number of aryl methyl sites for hydroxylation is 1. The van der Waals surface area contributed by atoms with Crippen LogP contribution < -0.4 is 15.5 Å². The number of carbonyl (C=O) groups excluding carboxylic acids is 3. The quantitative estimate of drug-likeness (QED) is 0.114. The number of imidazole rings is 1. The fraction of sp³-hybridized carbons (Fsp3) is 0.257. The number of nitrogens with two attached hydrogens (primary N) is 1. The van der Waals surface area contributed by atoms with Gasteiger partial charge in [0.25, 0.3) is 0 Å². The van der Waals surface area contributed by atoms with Crippen LogP contribution in [-0.4, -0.2) is 44.6 Å². The van der Waals surface area contributed by atoms with Crippen molar-refractivity contribution in [3.63, 3.8) is 0 Å². The number of primary amides is 1. The third kappa shape index (κ3) is 8.57. The van der Waals surface area contributed by atoms with Crippen molar-refractivity contribution < 1.29 is 41.8 Å². The minimum atomic E-state index is -4.47. The maximum Gasteiger partial charge on any atom is 0.416 e. The van der Waals surface area contributed by atoms with E-state index in [1.54, 1.807) is 32.2 Å². The van der Waals surface area contributed by atoms with E-state index in [-0.39, 0.29) is 31.4 Å². The summed E-state index contributed by atoms with van der Waals surface area (Å²) in [5, 5.41) is 12.6. The summed E-state index contributed by atoms with van der Waals surface area (Å²) in [6.45, 7) is 5.47. The highest BCUT2D eigenvalue weighted by molar-refractivity contribution is 7.16. The van der Waals surface area contributed by atoms with Gasteiger partial charge < -0.3 is 25.8 Å². The summed E-state index contributed by atoms with van der Waals surface area (Å²) >= 11 is 1.46. The van der Waals surface area contributed by atoms with Crippen LogP contribution in [-0.2, 0) is 35.2 Å². The number of benzene rings is 3. The molecule has 0 bridgehead atoms. The summed E-state index contributed by atoms with van der Waals surface area (Å²) in [5.74, 6) is -1.26. The molecule has 5 rings (SSSR count). The number of aromatic nitrogens is 2. The SMILES string of the molecule is Cc1c[n+]2cc(CN(C(=O)Nc3ccc(C(=O)OC(C)C)cc3)[C@@H](Cc3ccc(O)cc3)C(N)=O)n(Cc3ccc(C(F)(F)F)cc3)c2s1. The predicted molar refractivity (Wildman–Crippen MR) is 177 cm³/mol. The number of ether oxygens (including phenoxy) is 1. The Balaban J connectivity index is 1.50. The predicted octanol–water partition coefficient (Wildman–Crippen LogP) is 6.07. The molecule has 1 atom stereocenters. The van der Waals surface area contributed by atoms with Crippen LogP contribution in [0.5, 0.6) is 5.75 Å². The number of phenols is 1. The van der Waals surface area contributed by atoms with Gasteiger partial charge in [-0.15, -0.1) is 0 Å². The number of nitrogens with zero attached hydrogens (tertiary/aromatic N) is 3. The number of nitrogens with one attached hydrogen (secondary N) is 1. The average Bonchev–Trinajstić information content (AvgIpc) is 3.55. The zero-order valence-corrected chi connectivity index (χ0v) is 27.7. The monoisotopic (exact) mass is 694 g/mol. The van der Waals surface area contributed by atoms with Crippen molar-refractivity contribution >= 4 is 39.9 Å². The molecule has 0 aliphatic carbocycles. The smallest absolute Gasteiger partial charge is 0.416 e. The van der Waals surface area contributed by atoms with Crippen LogP contribution in [0.3, 0.4) is 0 Å². The van der Waals surface area contributed by atoms with Gasteiger partial charge in [0.05, 0.1) is 23.8 Å². The molecule has 0 aliphatic rings. The number of urea groups is 1. The number of halogens is 3. The molecule has 0 spiro atoms. The average molecular weight is 695 g/mol. The van der Waals surface area contributed by atoms with E-state index in [0.29, 0.717) is 28.1 Å². The number of hydrogen-bond acceptors (Lipinski definition) is 6. The summed E-state index contributed by atoms with van der Waals surface area (Å²) in [6, 6.07) is 15.3. The minimum absolute atomic E-state index is 0.0307. The second-order valence-electron chi connectivity index (χ2n) is 11.8. The van der Waals surface area contributed by atoms with Gasteiger partial charge in [-0.1, -0.05) is 35.6 Å². The van der Waals surface area contributed by atoms with E-state index in [2.05, 4.69) is 5.32 Å². The Hall–Kier alpha value is -5.37. The van der Waals surface area contributed by atoms with Crippen LogP contribution in [0.2, 0.25) is 0 Å². The van der Waals surface area contributed by atoms with E-state index in [1.807, 2.05) is 22.1 Å². The van der Waals surface area contributed by atoms with E-state index in [1.165, 1.54) is 64.8 Å². The Morgan fingerprint density at radius 2 is 1.61 bits per heavy atom. The van der Waals surface area contributed by atoms with Crippen LogP contribution in [0.4, 0.5) is 23.7 Å². The summed E-state index contributed by atoms with van der Waals surface area (Å²) in [7, 11) is 0. The molecule has 10 nitrogen and oxygen atoms in total. The van der Waals surface area contributed by atoms with Gasteiger partial charge in [0.15, 0.2) is 5.69 Å². The summed E-state index contributed by atoms with van der Waals surface area (Å²) in [4.78, 5) is 42.4. The van der Waals surface area contributed by atoms with Crippen LogP contribution in [0.15, 0.2) is 85.2 Å². The molecular formula is C35H35F3N5O5S+. The molecule has 2 aromatic heterocycles. The molecule has 3 aromatic carbocycles. The van der Waals surface area contributed by atoms with Gasteiger partial charge in [-0.2, -0.15) is 17.6 Å². The van der Waals surface area contributed by atoms with Gasteiger partial charge in [0.2, 0.25) is 5.91 Å². The maximum absolute atomic E-state index is 14.0. The van der Waals surface area contributed by atoms with E-state index in [0.717, 1.165) is 22.0 Å². The highest BCUT2D eigenvalue weighted by Crippen LogP contribution is 2.30. The molecule has 0 aliphatic heterocycles. The molecule has 3 amide bonds. The molecule has 0 saturated carbocycles. The van der Waals surface area contributed by atoms with Gasteiger partial charge in [-0.25, -0.2) is 14.2 Å². The molecule has 0 unspecified atom stereocenters. The van der Waals surface area contributed by atoms with Gasteiger partial charge in [-0.05, 0) is 80.4 Å². The van der Waals surface area contributed by atoms with Crippen LogP contribution in [0, 0.1) is 6.92 Å². The Morgan fingerprint density at radius 1 is 0.980 bits per heavy atom. The molecule has 0 radical (unpaired) electrons. The molecule has 5 aromatic rings. The Bertz CT molecular complexity index is 1950. The number of aromatic hydroxyl groups is 1. The number of alkyl halides is 3. The Labute approximate surface area is 284 Å². The van der Waals surface area contributed by atoms with E-state index >= 15 is 0 Å². The molecule has 14 heteroatoms. The van der Waals surface area contributed by atoms with E-state index in [9.17, 15) is 32.7 Å². The van der Waals surface area contributed by atoms with Gasteiger partial charge in [-0.3, -0.25) is 4.79 Å². The van der Waals surface area contributed by atoms with Gasteiger partial charge in [0, 0.05) is 17.0 Å². The summed E-state index contributed by atoms with van der Waals surface area (Å²) in [5.41, 5.74) is 7.61. The standard InChI is InChI=1S/C35H34F3N5O5S/c1-21(2)48-32(46)25-8-12-27(13-9-25)40-33(47)43(30(31(39)45)16-23-6-14-29(44)15-7-23)20-28-19-41-17-22(3)49-34(41)42(28)18-24-4-10-26(11-5-24)35(36,37)38/h4-15,17,19,21,30H,16,18,20H2,1-3H3,(H3-,39,40,44,45,46,47)/p+1/t30-/m0/s1. The lowest BCUT2D eigenvalue weighted by Crippen LogP contribution is -2.50. The molecular weight excluding hydrogens is 659 g/mol. The zero-order valence-electron chi connectivity index (χ0n) is 26.9. The first-order valence-corrected chi connectivity index (χ1v) is 16.1. The van der Waals surface area contributed by atoms with Gasteiger partial charge >= 0.3 is 23.1 Å². The Morgan fingerprint density at radius 3 is 2.20 bits per heavy atom. The molecule has 0 fully saturated rings. The van der Waals surface area contributed by atoms with E-state index < -0.39 is 35.7 Å². The fourth-order valence-electron chi connectivity index (χ4n) is 5.28. The minimum Gasteiger partial charge on any atom is -0.508 e. The van der Waals surface area contributed by atoms with Crippen LogP contribution in [0.1, 0.15) is 51.5 Å². The number of amides is 3. The maximum atomic E-state index is 14.0. The third-order valence-corrected chi connectivity index (χ3v) is 8.70. The van der Waals surface area contributed by atoms with Crippen LogP contribution >= 0.6 is 11.3 Å². The molecule has 256 valence electrons. The summed E-state index contributed by atoms with van der Waals surface area (Å²) in [6.07, 6.45) is -1.06. The number of thiazole rings is 1. The number of rotatable bonds is 11. The fourth-order valence-corrected chi connectivity index (χ4v) is 6.23. The van der Waals surface area contributed by atoms with Crippen molar-refractivity contribution in [3.8, 4) is 5.75 Å². The van der Waals surface area contributed by atoms with Crippen LogP contribution in [0.25, 0.3) is 4.96 Å². The first-order valence-electron chi connectivity index (χ1n) is 15.3. The van der Waals surface area contributed by atoms with Crippen molar-refractivity contribution in [2.24, 2.45) is 5.73 Å². The van der Waals surface area contributed by atoms with Crippen molar-refractivity contribution in [3.05, 3.63) is 118 Å². The zero-order chi connectivity index (χ0) is 35.5. The first-order chi connectivity index (χ1) is 23.2. The molecule has 2 heterocycles. The van der Waals surface area contributed by atoms with Crippen molar-refractivity contribution in [2.75, 3.05) is 5.32 Å². The summed E-state index contributed by atoms with van der Waals surface area (Å²) < 4.78 is 48.7. The Kier molecular flexibility index (Phi) is 10.3. The highest BCUT2D eigenvalue weighted by Gasteiger charge is 2.33.